The van der Waals surface area contributed by atoms with Crippen LogP contribution in [0.15, 0.2) is 61.2 Å². The molecule has 0 aliphatic rings. The average Bonchev–Trinajstić information content (AvgIpc) is 3.26. The van der Waals surface area contributed by atoms with E-state index in [0.717, 1.165) is 12.2 Å². The number of amides is 2. The van der Waals surface area contributed by atoms with E-state index in [1.54, 1.807) is 12.4 Å². The van der Waals surface area contributed by atoms with E-state index < -0.39 is 0 Å². The zero-order chi connectivity index (χ0) is 16.8. The highest BCUT2D eigenvalue weighted by Gasteiger charge is 2.10. The van der Waals surface area contributed by atoms with Crippen LogP contribution >= 0.6 is 0 Å². The maximum Gasteiger partial charge on any atom is 0.321 e. The topological polar surface area (TPSA) is 76.8 Å². The third kappa shape index (κ3) is 4.01. The summed E-state index contributed by atoms with van der Waals surface area (Å²) in [7, 11) is 0. The summed E-state index contributed by atoms with van der Waals surface area (Å²) in [5.41, 5.74) is 0.942. The summed E-state index contributed by atoms with van der Waals surface area (Å²) >= 11 is 0. The van der Waals surface area contributed by atoms with Crippen LogP contribution in [-0.2, 0) is 6.54 Å². The van der Waals surface area contributed by atoms with Crippen LogP contribution in [0.3, 0.4) is 0 Å². The normalized spacial score (nSPS) is 11.9. The molecule has 7 nitrogen and oxygen atoms in total. The average molecular weight is 324 g/mol. The second-order valence-corrected chi connectivity index (χ2v) is 5.62. The third-order valence-corrected chi connectivity index (χ3v) is 3.57. The van der Waals surface area contributed by atoms with Gasteiger partial charge in [-0.15, -0.1) is 0 Å². The molecular formula is C17H20N6O. The molecule has 0 saturated heterocycles. The van der Waals surface area contributed by atoms with Crippen molar-refractivity contribution in [2.75, 3.05) is 11.9 Å². The minimum Gasteiger partial charge on any atom is -0.337 e. The van der Waals surface area contributed by atoms with Gasteiger partial charge in [0.1, 0.15) is 0 Å². The van der Waals surface area contributed by atoms with Gasteiger partial charge in [-0.3, -0.25) is 14.6 Å². The number of rotatable bonds is 6. The lowest BCUT2D eigenvalue weighted by atomic mass is 10.2. The standard InChI is InChI=1S/C17H20N6O/c1-14(13-22-10-5-8-20-22)12-19-17(24)21-16-18-9-11-23(16)15-6-3-2-4-7-15/h2-11,14H,12-13H2,1H3,(H2,18,19,21,24). The molecule has 3 rings (SSSR count). The van der Waals surface area contributed by atoms with Gasteiger partial charge in [0.15, 0.2) is 0 Å². The number of para-hydroxylation sites is 1. The fraction of sp³-hybridized carbons (Fsp3) is 0.235. The molecule has 124 valence electrons. The molecule has 0 saturated carbocycles. The van der Waals surface area contributed by atoms with E-state index in [2.05, 4.69) is 27.6 Å². The van der Waals surface area contributed by atoms with Gasteiger partial charge in [0, 0.05) is 43.6 Å². The quantitative estimate of drug-likeness (QED) is 0.731. The second-order valence-electron chi connectivity index (χ2n) is 5.62. The van der Waals surface area contributed by atoms with Crippen molar-refractivity contribution in [1.29, 1.82) is 0 Å². The Kier molecular flexibility index (Phi) is 4.90. The highest BCUT2D eigenvalue weighted by Crippen LogP contribution is 2.13. The second kappa shape index (κ2) is 7.45. The summed E-state index contributed by atoms with van der Waals surface area (Å²) in [6.45, 7) is 3.37. The number of benzene rings is 1. The van der Waals surface area contributed by atoms with E-state index >= 15 is 0 Å². The summed E-state index contributed by atoms with van der Waals surface area (Å²) < 4.78 is 3.68. The summed E-state index contributed by atoms with van der Waals surface area (Å²) in [5, 5.41) is 9.81. The Balaban J connectivity index is 1.53. The summed E-state index contributed by atoms with van der Waals surface area (Å²) in [5.74, 6) is 0.753. The smallest absolute Gasteiger partial charge is 0.321 e. The molecular weight excluding hydrogens is 304 g/mol. The predicted octanol–water partition coefficient (Wildman–Crippen LogP) is 2.53. The molecule has 0 aliphatic carbocycles. The lowest BCUT2D eigenvalue weighted by molar-refractivity contribution is 0.249. The molecule has 2 amide bonds. The molecule has 0 aliphatic heterocycles. The first kappa shape index (κ1) is 15.8. The van der Waals surface area contributed by atoms with Gasteiger partial charge < -0.3 is 5.32 Å². The summed E-state index contributed by atoms with van der Waals surface area (Å²) in [4.78, 5) is 16.3. The number of aromatic nitrogens is 4. The number of imidazole rings is 1. The maximum atomic E-state index is 12.1. The number of anilines is 1. The molecule has 0 bridgehead atoms. The Bertz CT molecular complexity index is 766. The lowest BCUT2D eigenvalue weighted by Crippen LogP contribution is -2.34. The highest BCUT2D eigenvalue weighted by atomic mass is 16.2. The van der Waals surface area contributed by atoms with Crippen molar-refractivity contribution in [3.8, 4) is 5.69 Å². The van der Waals surface area contributed by atoms with Crippen molar-refractivity contribution in [3.63, 3.8) is 0 Å². The Labute approximate surface area is 140 Å². The minimum atomic E-state index is -0.273. The zero-order valence-corrected chi connectivity index (χ0v) is 13.5. The molecule has 2 heterocycles. The molecule has 0 fully saturated rings. The Morgan fingerprint density at radius 3 is 2.75 bits per heavy atom. The molecule has 7 heteroatoms. The lowest BCUT2D eigenvalue weighted by Gasteiger charge is -2.14. The first-order valence-electron chi connectivity index (χ1n) is 7.83. The molecule has 1 atom stereocenters. The minimum absolute atomic E-state index is 0.268. The van der Waals surface area contributed by atoms with Crippen molar-refractivity contribution in [2.24, 2.45) is 5.92 Å². The van der Waals surface area contributed by atoms with Gasteiger partial charge in [0.25, 0.3) is 0 Å². The van der Waals surface area contributed by atoms with Crippen LogP contribution in [0.2, 0.25) is 0 Å². The van der Waals surface area contributed by atoms with Gasteiger partial charge in [0.05, 0.1) is 0 Å². The Hall–Kier alpha value is -3.09. The van der Waals surface area contributed by atoms with Gasteiger partial charge in [-0.2, -0.15) is 5.10 Å². The SMILES string of the molecule is CC(CNC(=O)Nc1nccn1-c1ccccc1)Cn1cccn1. The fourth-order valence-electron chi connectivity index (χ4n) is 2.40. The van der Waals surface area contributed by atoms with Gasteiger partial charge in [-0.1, -0.05) is 25.1 Å². The van der Waals surface area contributed by atoms with Gasteiger partial charge in [-0.25, -0.2) is 9.78 Å². The van der Waals surface area contributed by atoms with E-state index in [0.29, 0.717) is 12.5 Å². The van der Waals surface area contributed by atoms with Crippen LogP contribution in [0.25, 0.3) is 5.69 Å². The van der Waals surface area contributed by atoms with Crippen LogP contribution in [-0.4, -0.2) is 31.9 Å². The van der Waals surface area contributed by atoms with Gasteiger partial charge in [-0.05, 0) is 24.1 Å². The van der Waals surface area contributed by atoms with Crippen LogP contribution in [0, 0.1) is 5.92 Å². The van der Waals surface area contributed by atoms with Crippen molar-refractivity contribution in [3.05, 3.63) is 61.2 Å². The number of nitrogens with one attached hydrogen (secondary N) is 2. The summed E-state index contributed by atoms with van der Waals surface area (Å²) in [6, 6.07) is 11.4. The van der Waals surface area contributed by atoms with E-state index in [1.165, 1.54) is 0 Å². The van der Waals surface area contributed by atoms with E-state index in [9.17, 15) is 4.79 Å². The maximum absolute atomic E-state index is 12.1. The first-order chi connectivity index (χ1) is 11.7. The van der Waals surface area contributed by atoms with Crippen molar-refractivity contribution < 1.29 is 4.79 Å². The number of nitrogens with zero attached hydrogens (tertiary/aromatic N) is 4. The number of hydrogen-bond donors (Lipinski definition) is 2. The Morgan fingerprint density at radius 2 is 2.00 bits per heavy atom. The molecule has 24 heavy (non-hydrogen) atoms. The highest BCUT2D eigenvalue weighted by molar-refractivity contribution is 5.87. The molecule has 3 aromatic rings. The molecule has 1 unspecified atom stereocenters. The Morgan fingerprint density at radius 1 is 1.17 bits per heavy atom. The molecule has 2 N–H and O–H groups in total. The molecule has 0 radical (unpaired) electrons. The third-order valence-electron chi connectivity index (χ3n) is 3.57. The van der Waals surface area contributed by atoms with Crippen molar-refractivity contribution in [1.82, 2.24) is 24.6 Å². The molecule has 1 aromatic carbocycles. The summed E-state index contributed by atoms with van der Waals surface area (Å²) in [6.07, 6.45) is 7.12. The predicted molar refractivity (Wildman–Crippen MR) is 92.0 cm³/mol. The van der Waals surface area contributed by atoms with Crippen LogP contribution in [0.4, 0.5) is 10.7 Å². The van der Waals surface area contributed by atoms with Crippen LogP contribution in [0.5, 0.6) is 0 Å². The molecule has 0 spiro atoms. The van der Waals surface area contributed by atoms with Gasteiger partial charge >= 0.3 is 6.03 Å². The fourth-order valence-corrected chi connectivity index (χ4v) is 2.40. The number of carbonyl (C=O) groups excluding carboxylic acids is 1. The first-order valence-corrected chi connectivity index (χ1v) is 7.83. The van der Waals surface area contributed by atoms with E-state index in [-0.39, 0.29) is 11.9 Å². The largest absolute Gasteiger partial charge is 0.337 e. The van der Waals surface area contributed by atoms with Crippen LogP contribution < -0.4 is 10.6 Å². The number of carbonyl (C=O) groups is 1. The van der Waals surface area contributed by atoms with E-state index in [1.807, 2.05) is 58.0 Å². The van der Waals surface area contributed by atoms with Crippen molar-refractivity contribution in [2.45, 2.75) is 13.5 Å². The van der Waals surface area contributed by atoms with Crippen LogP contribution in [0.1, 0.15) is 6.92 Å². The van der Waals surface area contributed by atoms with E-state index in [4.69, 9.17) is 0 Å². The monoisotopic (exact) mass is 324 g/mol. The number of hydrogen-bond acceptors (Lipinski definition) is 3. The number of urea groups is 1. The molecule has 2 aromatic heterocycles. The zero-order valence-electron chi connectivity index (χ0n) is 13.5. The van der Waals surface area contributed by atoms with Gasteiger partial charge in [0.2, 0.25) is 5.95 Å². The van der Waals surface area contributed by atoms with Crippen molar-refractivity contribution >= 4 is 12.0 Å².